The molecule has 0 amide bonds. The lowest BCUT2D eigenvalue weighted by Crippen LogP contribution is -2.17. The molecule has 16 heavy (non-hydrogen) atoms. The molecule has 1 fully saturated rings. The number of carbonyl (C=O) groups excluding carboxylic acids is 1. The fourth-order valence-electron chi connectivity index (χ4n) is 1.97. The minimum atomic E-state index is -0.295. The summed E-state index contributed by atoms with van der Waals surface area (Å²) >= 11 is 3.20. The molecule has 0 heterocycles. The predicted molar refractivity (Wildman–Crippen MR) is 64.8 cm³/mol. The third kappa shape index (κ3) is 2.91. The third-order valence-electron chi connectivity index (χ3n) is 3.14. The van der Waals surface area contributed by atoms with Crippen LogP contribution < -0.4 is 0 Å². The molecule has 3 heteroatoms. The highest BCUT2D eigenvalue weighted by atomic mass is 79.9. The number of hydrogen-bond acceptors (Lipinski definition) is 1. The van der Waals surface area contributed by atoms with Gasteiger partial charge in [-0.1, -0.05) is 41.3 Å². The number of halogens is 2. The van der Waals surface area contributed by atoms with Crippen molar-refractivity contribution in [1.29, 1.82) is 0 Å². The molecule has 86 valence electrons. The van der Waals surface area contributed by atoms with E-state index >= 15 is 0 Å². The van der Waals surface area contributed by atoms with Gasteiger partial charge in [-0.05, 0) is 23.6 Å². The summed E-state index contributed by atoms with van der Waals surface area (Å²) < 4.78 is 14.2. The standard InChI is InChI=1S/C13H14BrFO/c14-11-5-4-10(13(15)8-11)7-12(16)6-9-2-1-3-9/h4-5,8-9H,1-3,6-7H2. The second-order valence-electron chi connectivity index (χ2n) is 4.45. The normalized spacial score (nSPS) is 15.9. The van der Waals surface area contributed by atoms with E-state index in [-0.39, 0.29) is 18.0 Å². The molecule has 1 saturated carbocycles. The molecule has 1 nitrogen and oxygen atoms in total. The second kappa shape index (κ2) is 5.09. The van der Waals surface area contributed by atoms with E-state index in [1.807, 2.05) is 0 Å². The zero-order chi connectivity index (χ0) is 11.5. The Balaban J connectivity index is 1.94. The van der Waals surface area contributed by atoms with Crippen LogP contribution in [0.5, 0.6) is 0 Å². The minimum Gasteiger partial charge on any atom is -0.299 e. The Kier molecular flexibility index (Phi) is 3.74. The van der Waals surface area contributed by atoms with Gasteiger partial charge in [0.05, 0.1) is 0 Å². The zero-order valence-electron chi connectivity index (χ0n) is 9.01. The highest BCUT2D eigenvalue weighted by Gasteiger charge is 2.21. The number of benzene rings is 1. The van der Waals surface area contributed by atoms with Crippen LogP contribution in [-0.2, 0) is 11.2 Å². The van der Waals surface area contributed by atoms with Crippen molar-refractivity contribution in [3.05, 3.63) is 34.1 Å². The lowest BCUT2D eigenvalue weighted by Gasteiger charge is -2.24. The monoisotopic (exact) mass is 284 g/mol. The Hall–Kier alpha value is -0.700. The maximum absolute atomic E-state index is 13.5. The van der Waals surface area contributed by atoms with Crippen LogP contribution in [0.15, 0.2) is 22.7 Å². The largest absolute Gasteiger partial charge is 0.299 e. The molecular formula is C13H14BrFO. The quantitative estimate of drug-likeness (QED) is 0.820. The summed E-state index contributed by atoms with van der Waals surface area (Å²) in [6, 6.07) is 4.86. The molecule has 0 spiro atoms. The number of hydrogen-bond donors (Lipinski definition) is 0. The summed E-state index contributed by atoms with van der Waals surface area (Å²) in [5.74, 6) is 0.424. The van der Waals surface area contributed by atoms with Gasteiger partial charge in [-0.3, -0.25) is 4.79 Å². The number of rotatable bonds is 4. The minimum absolute atomic E-state index is 0.158. The van der Waals surface area contributed by atoms with Gasteiger partial charge in [0.15, 0.2) is 0 Å². The van der Waals surface area contributed by atoms with Gasteiger partial charge in [0.1, 0.15) is 11.6 Å². The van der Waals surface area contributed by atoms with E-state index in [0.29, 0.717) is 22.4 Å². The average molecular weight is 285 g/mol. The van der Waals surface area contributed by atoms with E-state index in [4.69, 9.17) is 0 Å². The van der Waals surface area contributed by atoms with Crippen LogP contribution in [0.25, 0.3) is 0 Å². The fraction of sp³-hybridized carbons (Fsp3) is 0.462. The van der Waals surface area contributed by atoms with E-state index in [9.17, 15) is 9.18 Å². The summed E-state index contributed by atoms with van der Waals surface area (Å²) in [5, 5.41) is 0. The maximum Gasteiger partial charge on any atom is 0.137 e. The highest BCUT2D eigenvalue weighted by Crippen LogP contribution is 2.30. The molecule has 1 aliphatic carbocycles. The van der Waals surface area contributed by atoms with Crippen LogP contribution >= 0.6 is 15.9 Å². The molecule has 1 aromatic carbocycles. The van der Waals surface area contributed by atoms with Gasteiger partial charge in [-0.15, -0.1) is 0 Å². The average Bonchev–Trinajstić information content (AvgIpc) is 2.16. The SMILES string of the molecule is O=C(Cc1ccc(Br)cc1F)CC1CCC1. The number of Topliss-reactive ketones (excluding diaryl/α,β-unsaturated/α-hetero) is 1. The van der Waals surface area contributed by atoms with E-state index < -0.39 is 0 Å². The van der Waals surface area contributed by atoms with E-state index in [1.165, 1.54) is 12.5 Å². The maximum atomic E-state index is 13.5. The summed E-state index contributed by atoms with van der Waals surface area (Å²) in [7, 11) is 0. The molecule has 0 aromatic heterocycles. The lowest BCUT2D eigenvalue weighted by atomic mass is 9.81. The zero-order valence-corrected chi connectivity index (χ0v) is 10.6. The summed E-state index contributed by atoms with van der Waals surface area (Å²) in [6.07, 6.45) is 4.42. The Morgan fingerprint density at radius 2 is 2.19 bits per heavy atom. The van der Waals surface area contributed by atoms with Crippen LogP contribution in [0.1, 0.15) is 31.2 Å². The van der Waals surface area contributed by atoms with Crippen LogP contribution in [0.3, 0.4) is 0 Å². The van der Waals surface area contributed by atoms with Gasteiger partial charge in [0.2, 0.25) is 0 Å². The molecular weight excluding hydrogens is 271 g/mol. The van der Waals surface area contributed by atoms with E-state index in [2.05, 4.69) is 15.9 Å². The Morgan fingerprint density at radius 1 is 1.44 bits per heavy atom. The van der Waals surface area contributed by atoms with Crippen molar-refractivity contribution < 1.29 is 9.18 Å². The predicted octanol–water partition coefficient (Wildman–Crippen LogP) is 3.89. The van der Waals surface area contributed by atoms with Crippen molar-refractivity contribution in [2.24, 2.45) is 5.92 Å². The van der Waals surface area contributed by atoms with E-state index in [1.54, 1.807) is 12.1 Å². The van der Waals surface area contributed by atoms with Crippen molar-refractivity contribution in [1.82, 2.24) is 0 Å². The molecule has 0 aliphatic heterocycles. The first-order valence-corrected chi connectivity index (χ1v) is 6.40. The first-order valence-electron chi connectivity index (χ1n) is 5.61. The number of ketones is 1. The van der Waals surface area contributed by atoms with Gasteiger partial charge in [-0.25, -0.2) is 4.39 Å². The second-order valence-corrected chi connectivity index (χ2v) is 5.37. The first-order chi connectivity index (χ1) is 7.65. The number of carbonyl (C=O) groups is 1. The van der Waals surface area contributed by atoms with Crippen molar-refractivity contribution in [3.8, 4) is 0 Å². The summed E-state index contributed by atoms with van der Waals surface area (Å²) in [6.45, 7) is 0. The first kappa shape index (κ1) is 11.8. The van der Waals surface area contributed by atoms with Crippen molar-refractivity contribution in [2.75, 3.05) is 0 Å². The summed E-state index contributed by atoms with van der Waals surface area (Å²) in [4.78, 5) is 11.7. The van der Waals surface area contributed by atoms with Gasteiger partial charge in [0, 0.05) is 17.3 Å². The third-order valence-corrected chi connectivity index (χ3v) is 3.64. The highest BCUT2D eigenvalue weighted by molar-refractivity contribution is 9.10. The topological polar surface area (TPSA) is 17.1 Å². The molecule has 0 saturated heterocycles. The van der Waals surface area contributed by atoms with Crippen molar-refractivity contribution in [2.45, 2.75) is 32.1 Å². The van der Waals surface area contributed by atoms with Gasteiger partial charge in [-0.2, -0.15) is 0 Å². The van der Waals surface area contributed by atoms with Crippen LogP contribution in [-0.4, -0.2) is 5.78 Å². The van der Waals surface area contributed by atoms with Crippen molar-refractivity contribution >= 4 is 21.7 Å². The molecule has 0 bridgehead atoms. The van der Waals surface area contributed by atoms with Gasteiger partial charge in [0.25, 0.3) is 0 Å². The van der Waals surface area contributed by atoms with Crippen molar-refractivity contribution in [3.63, 3.8) is 0 Å². The van der Waals surface area contributed by atoms with Gasteiger partial charge >= 0.3 is 0 Å². The molecule has 0 N–H and O–H groups in total. The van der Waals surface area contributed by atoms with Gasteiger partial charge < -0.3 is 0 Å². The molecule has 1 aliphatic rings. The Labute approximate surface area is 103 Å². The Morgan fingerprint density at radius 3 is 2.75 bits per heavy atom. The molecule has 0 atom stereocenters. The molecule has 1 aromatic rings. The van der Waals surface area contributed by atoms with Crippen LogP contribution in [0.2, 0.25) is 0 Å². The molecule has 0 unspecified atom stereocenters. The van der Waals surface area contributed by atoms with Crippen LogP contribution in [0, 0.1) is 11.7 Å². The summed E-state index contributed by atoms with van der Waals surface area (Å²) in [5.41, 5.74) is 0.507. The molecule has 2 rings (SSSR count). The Bertz CT molecular complexity index is 399. The fourth-order valence-corrected chi connectivity index (χ4v) is 2.30. The lowest BCUT2D eigenvalue weighted by molar-refractivity contribution is -0.119. The van der Waals surface area contributed by atoms with E-state index in [0.717, 1.165) is 12.8 Å². The molecule has 0 radical (unpaired) electrons. The van der Waals surface area contributed by atoms with Crippen LogP contribution in [0.4, 0.5) is 4.39 Å². The smallest absolute Gasteiger partial charge is 0.137 e.